The number of piperidine rings is 1. The van der Waals surface area contributed by atoms with Crippen LogP contribution in [0.2, 0.25) is 0 Å². The molecule has 0 saturated carbocycles. The third kappa shape index (κ3) is 14.4. The maximum absolute atomic E-state index is 15.0. The molecule has 5 amide bonds. The van der Waals surface area contributed by atoms with Gasteiger partial charge in [-0.3, -0.25) is 29.0 Å². The molecule has 1 saturated heterocycles. The molecule has 360 valence electrons. The van der Waals surface area contributed by atoms with Crippen molar-refractivity contribution in [3.8, 4) is 17.2 Å². The molecule has 2 bridgehead atoms. The molecule has 17 heteroatoms. The van der Waals surface area contributed by atoms with E-state index in [4.69, 9.17) is 16.2 Å². The molecule has 6 rings (SSSR count). The number of ether oxygens (including phenoxy) is 1. The van der Waals surface area contributed by atoms with E-state index in [0.717, 1.165) is 11.6 Å². The van der Waals surface area contributed by atoms with Gasteiger partial charge in [0.2, 0.25) is 29.5 Å². The number of fused-ring (bicyclic) bond motifs is 3. The number of nitrogens with one attached hydrogen (secondary N) is 4. The summed E-state index contributed by atoms with van der Waals surface area (Å²) < 4.78 is 5.41. The van der Waals surface area contributed by atoms with E-state index in [1.807, 2.05) is 36.4 Å². The number of aliphatic imine (C=N–C) groups is 1. The average Bonchev–Trinajstić information content (AvgIpc) is 3.35. The highest BCUT2D eigenvalue weighted by Gasteiger charge is 2.44. The second-order valence-corrected chi connectivity index (χ2v) is 17.1. The predicted octanol–water partition coefficient (Wildman–Crippen LogP) is 2.75. The topological polar surface area (TPSA) is 271 Å². The maximum Gasteiger partial charge on any atom is 0.336 e. The summed E-state index contributed by atoms with van der Waals surface area (Å²) in [6.45, 7) is 1.68. The predicted molar refractivity (Wildman–Crippen MR) is 259 cm³/mol. The van der Waals surface area contributed by atoms with Gasteiger partial charge >= 0.3 is 5.97 Å². The lowest BCUT2D eigenvalue weighted by Crippen LogP contribution is -2.58. The molecule has 0 radical (unpaired) electrons. The van der Waals surface area contributed by atoms with Gasteiger partial charge in [-0.2, -0.15) is 5.26 Å². The van der Waals surface area contributed by atoms with Crippen molar-refractivity contribution in [2.45, 2.75) is 63.6 Å². The van der Waals surface area contributed by atoms with Crippen molar-refractivity contribution < 1.29 is 38.6 Å². The molecule has 69 heavy (non-hydrogen) atoms. The first-order chi connectivity index (χ1) is 33.4. The lowest BCUT2D eigenvalue weighted by Gasteiger charge is -2.42. The van der Waals surface area contributed by atoms with Crippen LogP contribution < -0.4 is 32.7 Å². The molecule has 17 nitrogen and oxygen atoms in total. The number of hydrogen-bond donors (Lipinski definition) is 7. The van der Waals surface area contributed by atoms with Crippen LogP contribution >= 0.6 is 0 Å². The first-order valence-electron chi connectivity index (χ1n) is 23.0. The second-order valence-electron chi connectivity index (χ2n) is 17.1. The molecule has 0 aromatic heterocycles. The van der Waals surface area contributed by atoms with Gasteiger partial charge in [0, 0.05) is 51.3 Å². The highest BCUT2D eigenvalue weighted by Crippen LogP contribution is 2.35. The summed E-state index contributed by atoms with van der Waals surface area (Å²) in [4.78, 5) is 87.9. The minimum absolute atomic E-state index is 0.0208. The molecule has 1 fully saturated rings. The lowest BCUT2D eigenvalue weighted by molar-refractivity contribution is -0.141. The number of aromatic carboxylic acids is 1. The van der Waals surface area contributed by atoms with Crippen molar-refractivity contribution in [1.82, 2.24) is 26.2 Å². The van der Waals surface area contributed by atoms with Crippen molar-refractivity contribution in [1.29, 1.82) is 5.26 Å². The number of benzene rings is 4. The Morgan fingerprint density at radius 3 is 2.36 bits per heavy atom. The fourth-order valence-electron chi connectivity index (χ4n) is 8.61. The van der Waals surface area contributed by atoms with E-state index in [1.54, 1.807) is 65.6 Å². The third-order valence-electron chi connectivity index (χ3n) is 12.2. The van der Waals surface area contributed by atoms with Gasteiger partial charge in [-0.05, 0) is 70.7 Å². The van der Waals surface area contributed by atoms with Crippen molar-refractivity contribution in [3.63, 3.8) is 0 Å². The largest absolute Gasteiger partial charge is 0.478 e. The Balaban J connectivity index is 1.33. The van der Waals surface area contributed by atoms with Crippen LogP contribution in [0.5, 0.6) is 0 Å². The molecule has 2 heterocycles. The summed E-state index contributed by atoms with van der Waals surface area (Å²) in [5, 5.41) is 30.8. The summed E-state index contributed by atoms with van der Waals surface area (Å²) in [6, 6.07) is 28.9. The zero-order valence-corrected chi connectivity index (χ0v) is 38.5. The van der Waals surface area contributed by atoms with Gasteiger partial charge in [-0.25, -0.2) is 4.79 Å². The van der Waals surface area contributed by atoms with Crippen LogP contribution in [0.15, 0.2) is 114 Å². The van der Waals surface area contributed by atoms with Gasteiger partial charge in [-0.1, -0.05) is 91.0 Å². The van der Waals surface area contributed by atoms with Gasteiger partial charge in [0.25, 0.3) is 0 Å². The molecule has 9 N–H and O–H groups in total. The van der Waals surface area contributed by atoms with E-state index in [0.29, 0.717) is 65.9 Å². The van der Waals surface area contributed by atoms with Crippen LogP contribution in [0, 0.1) is 16.7 Å². The summed E-state index contributed by atoms with van der Waals surface area (Å²) in [6.07, 6.45) is 3.61. The fraction of sp³-hybridized carbons (Fsp3) is 0.346. The van der Waals surface area contributed by atoms with E-state index in [1.165, 1.54) is 12.1 Å². The molecular formula is C52H59N9O8. The van der Waals surface area contributed by atoms with Crippen molar-refractivity contribution in [2.75, 3.05) is 45.9 Å². The van der Waals surface area contributed by atoms with Gasteiger partial charge in [0.05, 0.1) is 55.7 Å². The summed E-state index contributed by atoms with van der Waals surface area (Å²) >= 11 is 0. The molecule has 1 unspecified atom stereocenters. The normalized spacial score (nSPS) is 20.4. The lowest BCUT2D eigenvalue weighted by atomic mass is 9.74. The van der Waals surface area contributed by atoms with Crippen LogP contribution in [0.25, 0.3) is 11.1 Å². The molecule has 0 aliphatic carbocycles. The Hall–Kier alpha value is -7.68. The minimum Gasteiger partial charge on any atom is -0.478 e. The average molecular weight is 938 g/mol. The van der Waals surface area contributed by atoms with Gasteiger partial charge in [-0.15, -0.1) is 0 Å². The first kappa shape index (κ1) is 50.7. The number of nitrogens with zero attached hydrogens (tertiary/aromatic N) is 3. The second kappa shape index (κ2) is 24.9. The fourth-order valence-corrected chi connectivity index (χ4v) is 8.61. The number of carbonyl (C=O) groups is 6. The van der Waals surface area contributed by atoms with Crippen LogP contribution in [0.4, 0.5) is 0 Å². The number of nitrogens with two attached hydrogens (primary N) is 2. The summed E-state index contributed by atoms with van der Waals surface area (Å²) in [7, 11) is 0. The summed E-state index contributed by atoms with van der Waals surface area (Å²) in [5.74, 6) is -3.29. The third-order valence-corrected chi connectivity index (χ3v) is 12.2. The number of carboxylic acid groups (broad SMARTS) is 1. The van der Waals surface area contributed by atoms with Gasteiger partial charge in [0.1, 0.15) is 11.9 Å². The molecule has 4 aromatic carbocycles. The number of rotatable bonds is 13. The monoisotopic (exact) mass is 937 g/mol. The first-order valence-corrected chi connectivity index (χ1v) is 23.0. The highest BCUT2D eigenvalue weighted by molar-refractivity contribution is 5.98. The Labute approximate surface area is 401 Å². The van der Waals surface area contributed by atoms with E-state index in [9.17, 15) is 39.1 Å². The Morgan fingerprint density at radius 2 is 1.62 bits per heavy atom. The molecular weight excluding hydrogens is 879 g/mol. The molecule has 3 atom stereocenters. The molecule has 4 aromatic rings. The van der Waals surface area contributed by atoms with E-state index in [2.05, 4.69) is 26.3 Å². The quantitative estimate of drug-likeness (QED) is 0.0582. The SMILES string of the molecule is N#CCc1ccc(-c2ccc(CC3NC(=O)[C@]4(Cc5ccccc5)CCCN(C4)C(=O)/C=C/C(=O)NCC[C@@H](C(N)=NCCOCCN)NC(=O)Cc4ccccc4CNC3=O)cc2)cc1C(=O)O. The molecule has 2 aliphatic heterocycles. The van der Waals surface area contributed by atoms with Crippen LogP contribution in [-0.4, -0.2) is 109 Å². The van der Waals surface area contributed by atoms with Crippen LogP contribution in [-0.2, 0) is 60.9 Å². The van der Waals surface area contributed by atoms with E-state index < -0.39 is 47.1 Å². The number of hydrogen-bond acceptors (Lipinski definition) is 10. The van der Waals surface area contributed by atoms with E-state index >= 15 is 0 Å². The van der Waals surface area contributed by atoms with E-state index in [-0.39, 0.29) is 82.2 Å². The highest BCUT2D eigenvalue weighted by atomic mass is 16.5. The maximum atomic E-state index is 15.0. The summed E-state index contributed by atoms with van der Waals surface area (Å²) in [5.41, 5.74) is 15.4. The van der Waals surface area contributed by atoms with Gasteiger partial charge < -0.3 is 47.5 Å². The number of nitriles is 1. The Kier molecular flexibility index (Phi) is 18.3. The van der Waals surface area contributed by atoms with Crippen LogP contribution in [0.3, 0.4) is 0 Å². The minimum atomic E-state index is -1.16. The number of carbonyl (C=O) groups excluding carboxylic acids is 5. The number of amidine groups is 1. The van der Waals surface area contributed by atoms with Crippen molar-refractivity contribution in [3.05, 3.63) is 143 Å². The molecule has 2 aliphatic rings. The Morgan fingerprint density at radius 1 is 0.884 bits per heavy atom. The standard InChI is InChI=1S/C52H59N9O8/c53-22-19-38-15-16-40(30-42(38)50(66)67)37-13-11-35(12-14-37)29-44-49(65)58-33-41-10-5-4-9-39(41)31-46(63)59-43(48(55)57-25-28-69-27-23-54)20-24-56-45(62)17-18-47(64)61-26-6-21-52(34-61,51(68)60-44)32-36-7-2-1-3-8-36/h1-5,7-18,30,43-44H,6,19-21,23-29,31-34,54H2,(H2,55,57)(H,56,62)(H,58,65)(H,59,63)(H,60,68)(H,66,67)/b18-17+/t43-,44?,52-/m0/s1. The van der Waals surface area contributed by atoms with Crippen molar-refractivity contribution >= 4 is 41.3 Å². The van der Waals surface area contributed by atoms with Crippen molar-refractivity contribution in [2.24, 2.45) is 21.9 Å². The Bertz CT molecular complexity index is 2580. The molecule has 0 spiro atoms. The zero-order chi connectivity index (χ0) is 49.2. The number of carboxylic acids is 1. The smallest absolute Gasteiger partial charge is 0.336 e. The van der Waals surface area contributed by atoms with Gasteiger partial charge in [0.15, 0.2) is 0 Å². The van der Waals surface area contributed by atoms with Crippen LogP contribution in [0.1, 0.15) is 57.4 Å². The number of amides is 5. The zero-order valence-electron chi connectivity index (χ0n) is 38.5.